The van der Waals surface area contributed by atoms with E-state index in [9.17, 15) is 0 Å². The van der Waals surface area contributed by atoms with E-state index in [1.54, 1.807) is 11.8 Å². The third kappa shape index (κ3) is 5.24. The summed E-state index contributed by atoms with van der Waals surface area (Å²) >= 11 is 1.66. The van der Waals surface area contributed by atoms with Crippen LogP contribution in [0.3, 0.4) is 0 Å². The number of hydrogen-bond acceptors (Lipinski definition) is 5. The van der Waals surface area contributed by atoms with Gasteiger partial charge in [-0.3, -0.25) is 9.88 Å². The van der Waals surface area contributed by atoms with Gasteiger partial charge in [0.1, 0.15) is 12.4 Å². The summed E-state index contributed by atoms with van der Waals surface area (Å²) in [7, 11) is 2.13. The topological polar surface area (TPSA) is 54.0 Å². The fraction of sp³-hybridized carbons (Fsp3) is 0.214. The zero-order valence-corrected chi connectivity index (χ0v) is 20.3. The molecule has 3 aromatic carbocycles. The van der Waals surface area contributed by atoms with E-state index in [1.165, 1.54) is 16.3 Å². The molecule has 5 rings (SSSR count). The summed E-state index contributed by atoms with van der Waals surface area (Å²) in [5.74, 6) is 1.64. The molecule has 0 atom stereocenters. The molecule has 0 aliphatic heterocycles. The summed E-state index contributed by atoms with van der Waals surface area (Å²) in [4.78, 5) is 14.9. The molecule has 2 aromatic heterocycles. The van der Waals surface area contributed by atoms with Gasteiger partial charge in [0.05, 0.1) is 16.7 Å². The van der Waals surface area contributed by atoms with E-state index >= 15 is 0 Å². The van der Waals surface area contributed by atoms with Gasteiger partial charge in [-0.25, -0.2) is 4.98 Å². The molecule has 5 nitrogen and oxygen atoms in total. The Labute approximate surface area is 204 Å². The molecule has 0 fully saturated rings. The molecule has 0 saturated carbocycles. The Hall–Kier alpha value is -3.35. The molecule has 0 saturated heterocycles. The van der Waals surface area contributed by atoms with Crippen LogP contribution in [0.4, 0.5) is 0 Å². The molecule has 6 heteroatoms. The van der Waals surface area contributed by atoms with Crippen LogP contribution in [0.1, 0.15) is 16.8 Å². The number of hydrogen-bond donors (Lipinski definition) is 1. The average Bonchev–Trinajstić information content (AvgIpc) is 3.27. The Kier molecular flexibility index (Phi) is 6.79. The minimum Gasteiger partial charge on any atom is -0.492 e. The lowest BCUT2D eigenvalue weighted by Gasteiger charge is -2.18. The SMILES string of the molecule is Cc1c(OCCN(C)Cc2ccc3ccccc3c2)ccnc1CSc1nc2ccccc2[nH]1. The van der Waals surface area contributed by atoms with Crippen molar-refractivity contribution in [3.8, 4) is 5.75 Å². The van der Waals surface area contributed by atoms with E-state index in [2.05, 4.69) is 76.3 Å². The molecule has 34 heavy (non-hydrogen) atoms. The second-order valence-corrected chi connectivity index (χ2v) is 9.46. The van der Waals surface area contributed by atoms with E-state index in [4.69, 9.17) is 4.74 Å². The number of pyridine rings is 1. The molecule has 5 aromatic rings. The van der Waals surface area contributed by atoms with Crippen LogP contribution in [0.25, 0.3) is 21.8 Å². The van der Waals surface area contributed by atoms with E-state index in [0.29, 0.717) is 6.61 Å². The molecule has 172 valence electrons. The standard InChI is InChI=1S/C28H28N4OS/c1-20-26(19-34-28-30-24-9-5-6-10-25(24)31-28)29-14-13-27(20)33-16-15-32(2)18-21-11-12-22-7-3-4-8-23(22)17-21/h3-14,17H,15-16,18-19H2,1-2H3,(H,30,31). The summed E-state index contributed by atoms with van der Waals surface area (Å²) in [5, 5.41) is 3.47. The molecule has 0 amide bonds. The summed E-state index contributed by atoms with van der Waals surface area (Å²) in [6.45, 7) is 4.45. The van der Waals surface area contributed by atoms with E-state index < -0.39 is 0 Å². The number of para-hydroxylation sites is 2. The highest BCUT2D eigenvalue weighted by molar-refractivity contribution is 7.98. The Morgan fingerprint density at radius 2 is 1.79 bits per heavy atom. The highest BCUT2D eigenvalue weighted by Crippen LogP contribution is 2.27. The van der Waals surface area contributed by atoms with Gasteiger partial charge in [0.2, 0.25) is 0 Å². The van der Waals surface area contributed by atoms with Crippen molar-refractivity contribution in [1.29, 1.82) is 0 Å². The molecule has 0 unspecified atom stereocenters. The van der Waals surface area contributed by atoms with Crippen molar-refractivity contribution in [2.45, 2.75) is 24.4 Å². The number of fused-ring (bicyclic) bond motifs is 2. The molecule has 0 bridgehead atoms. The first-order chi connectivity index (χ1) is 16.7. The van der Waals surface area contributed by atoms with Crippen molar-refractivity contribution < 1.29 is 4.74 Å². The third-order valence-electron chi connectivity index (χ3n) is 5.97. The summed E-state index contributed by atoms with van der Waals surface area (Å²) < 4.78 is 6.14. The van der Waals surface area contributed by atoms with Crippen LogP contribution in [0.2, 0.25) is 0 Å². The van der Waals surface area contributed by atoms with E-state index in [1.807, 2.05) is 36.5 Å². The second-order valence-electron chi connectivity index (χ2n) is 8.50. The number of ether oxygens (including phenoxy) is 1. The number of imidazole rings is 1. The number of thioether (sulfide) groups is 1. The maximum atomic E-state index is 6.14. The number of rotatable bonds is 9. The molecule has 0 spiro atoms. The minimum absolute atomic E-state index is 0.630. The Bertz CT molecular complexity index is 1380. The number of nitrogens with zero attached hydrogens (tertiary/aromatic N) is 3. The van der Waals surface area contributed by atoms with Gasteiger partial charge in [-0.1, -0.05) is 60.3 Å². The predicted molar refractivity (Wildman–Crippen MR) is 140 cm³/mol. The van der Waals surface area contributed by atoms with E-state index in [0.717, 1.165) is 52.0 Å². The van der Waals surface area contributed by atoms with Crippen LogP contribution in [-0.2, 0) is 12.3 Å². The van der Waals surface area contributed by atoms with Crippen molar-refractivity contribution in [3.05, 3.63) is 95.8 Å². The smallest absolute Gasteiger partial charge is 0.166 e. The summed E-state index contributed by atoms with van der Waals surface area (Å²) in [6.07, 6.45) is 1.83. The predicted octanol–water partition coefficient (Wildman–Crippen LogP) is 6.22. The van der Waals surface area contributed by atoms with Crippen LogP contribution < -0.4 is 4.74 Å². The molecule has 0 radical (unpaired) electrons. The van der Waals surface area contributed by atoms with Gasteiger partial charge in [-0.05, 0) is 54.6 Å². The quantitative estimate of drug-likeness (QED) is 0.260. The molecule has 0 aliphatic rings. The maximum Gasteiger partial charge on any atom is 0.166 e. The first kappa shape index (κ1) is 22.4. The minimum atomic E-state index is 0.630. The number of benzene rings is 3. The normalized spacial score (nSPS) is 11.5. The third-order valence-corrected chi connectivity index (χ3v) is 6.85. The maximum absolute atomic E-state index is 6.14. The van der Waals surface area contributed by atoms with Gasteiger partial charge < -0.3 is 9.72 Å². The van der Waals surface area contributed by atoms with Gasteiger partial charge in [0.25, 0.3) is 0 Å². The first-order valence-electron chi connectivity index (χ1n) is 11.5. The lowest BCUT2D eigenvalue weighted by Crippen LogP contribution is -2.24. The van der Waals surface area contributed by atoms with Crippen LogP contribution in [-0.4, -0.2) is 40.1 Å². The van der Waals surface area contributed by atoms with E-state index in [-0.39, 0.29) is 0 Å². The number of nitrogens with one attached hydrogen (secondary N) is 1. The summed E-state index contributed by atoms with van der Waals surface area (Å²) in [6, 6.07) is 25.2. The van der Waals surface area contributed by atoms with Gasteiger partial charge >= 0.3 is 0 Å². The number of likely N-dealkylation sites (N-methyl/N-ethyl adjacent to an activating group) is 1. The van der Waals surface area contributed by atoms with Gasteiger partial charge in [0, 0.05) is 30.6 Å². The van der Waals surface area contributed by atoms with Crippen molar-refractivity contribution in [3.63, 3.8) is 0 Å². The lowest BCUT2D eigenvalue weighted by atomic mass is 10.1. The van der Waals surface area contributed by atoms with Crippen LogP contribution in [0, 0.1) is 6.92 Å². The molecule has 0 aliphatic carbocycles. The fourth-order valence-electron chi connectivity index (χ4n) is 4.03. The number of aromatic nitrogens is 3. The van der Waals surface area contributed by atoms with Crippen LogP contribution in [0.15, 0.2) is 84.1 Å². The zero-order chi connectivity index (χ0) is 23.3. The second kappa shape index (κ2) is 10.3. The monoisotopic (exact) mass is 468 g/mol. The van der Waals surface area contributed by atoms with Gasteiger partial charge in [-0.15, -0.1) is 0 Å². The molecule has 2 heterocycles. The largest absolute Gasteiger partial charge is 0.492 e. The number of aromatic amines is 1. The Morgan fingerprint density at radius 3 is 2.68 bits per heavy atom. The fourth-order valence-corrected chi connectivity index (χ4v) is 4.94. The highest BCUT2D eigenvalue weighted by atomic mass is 32.2. The number of H-pyrrole nitrogens is 1. The molecular weight excluding hydrogens is 440 g/mol. The summed E-state index contributed by atoms with van der Waals surface area (Å²) in [5.41, 5.74) is 5.46. The zero-order valence-electron chi connectivity index (χ0n) is 19.5. The highest BCUT2D eigenvalue weighted by Gasteiger charge is 2.10. The van der Waals surface area contributed by atoms with Crippen LogP contribution >= 0.6 is 11.8 Å². The van der Waals surface area contributed by atoms with Crippen molar-refractivity contribution in [1.82, 2.24) is 19.9 Å². The van der Waals surface area contributed by atoms with Gasteiger partial charge in [-0.2, -0.15) is 0 Å². The molecule has 1 N–H and O–H groups in total. The van der Waals surface area contributed by atoms with Crippen LogP contribution in [0.5, 0.6) is 5.75 Å². The average molecular weight is 469 g/mol. The Morgan fingerprint density at radius 1 is 0.971 bits per heavy atom. The van der Waals surface area contributed by atoms with Crippen molar-refractivity contribution >= 4 is 33.6 Å². The first-order valence-corrected chi connectivity index (χ1v) is 12.5. The molecular formula is C28H28N4OS. The van der Waals surface area contributed by atoms with Gasteiger partial charge in [0.15, 0.2) is 5.16 Å². The lowest BCUT2D eigenvalue weighted by molar-refractivity contribution is 0.231. The Balaban J connectivity index is 1.15. The van der Waals surface area contributed by atoms with Crippen molar-refractivity contribution in [2.24, 2.45) is 0 Å². The van der Waals surface area contributed by atoms with Crippen molar-refractivity contribution in [2.75, 3.05) is 20.2 Å².